The van der Waals surface area contributed by atoms with E-state index < -0.39 is 0 Å². The van der Waals surface area contributed by atoms with Crippen molar-refractivity contribution in [2.45, 2.75) is 57.9 Å². The smallest absolute Gasteiger partial charge is 0.254 e. The van der Waals surface area contributed by atoms with E-state index in [9.17, 15) is 9.59 Å². The van der Waals surface area contributed by atoms with Gasteiger partial charge in [0.15, 0.2) is 0 Å². The van der Waals surface area contributed by atoms with E-state index in [1.165, 1.54) is 19.3 Å². The molecule has 0 spiro atoms. The first-order valence-electron chi connectivity index (χ1n) is 8.93. The van der Waals surface area contributed by atoms with E-state index in [2.05, 4.69) is 20.3 Å². The predicted octanol–water partition coefficient (Wildman–Crippen LogP) is 2.52. The molecule has 3 rings (SSSR count). The van der Waals surface area contributed by atoms with E-state index in [4.69, 9.17) is 0 Å². The molecule has 0 radical (unpaired) electrons. The molecule has 0 atom stereocenters. The Labute approximate surface area is 147 Å². The number of rotatable bonds is 5. The Morgan fingerprint density at radius 1 is 1.24 bits per heavy atom. The quantitative estimate of drug-likeness (QED) is 0.875. The van der Waals surface area contributed by atoms with Crippen molar-refractivity contribution in [1.29, 1.82) is 0 Å². The Kier molecular flexibility index (Phi) is 5.58. The maximum atomic E-state index is 12.4. The van der Waals surface area contributed by atoms with Crippen molar-refractivity contribution >= 4 is 5.91 Å². The van der Waals surface area contributed by atoms with Crippen LogP contribution in [-0.2, 0) is 11.2 Å². The molecule has 0 unspecified atom stereocenters. The molecule has 2 aromatic heterocycles. The lowest BCUT2D eigenvalue weighted by Crippen LogP contribution is -2.36. The lowest BCUT2D eigenvalue weighted by Gasteiger charge is -2.22. The Morgan fingerprint density at radius 2 is 1.96 bits per heavy atom. The van der Waals surface area contributed by atoms with Gasteiger partial charge in [-0.1, -0.05) is 19.3 Å². The third kappa shape index (κ3) is 4.53. The van der Waals surface area contributed by atoms with Gasteiger partial charge in [0, 0.05) is 41.7 Å². The number of pyridine rings is 1. The maximum Gasteiger partial charge on any atom is 0.254 e. The summed E-state index contributed by atoms with van der Waals surface area (Å²) in [6.45, 7) is 1.81. The number of aromatic nitrogens is 3. The number of aryl methyl sites for hydroxylation is 1. The van der Waals surface area contributed by atoms with Crippen molar-refractivity contribution in [1.82, 2.24) is 20.3 Å². The number of hydrogen-bond acceptors (Lipinski definition) is 4. The van der Waals surface area contributed by atoms with Gasteiger partial charge in [0.2, 0.25) is 5.91 Å². The highest BCUT2D eigenvalue weighted by Crippen LogP contribution is 2.18. The predicted molar refractivity (Wildman–Crippen MR) is 96.2 cm³/mol. The van der Waals surface area contributed by atoms with Gasteiger partial charge in [0.05, 0.1) is 0 Å². The summed E-state index contributed by atoms with van der Waals surface area (Å²) in [7, 11) is 0. The van der Waals surface area contributed by atoms with Gasteiger partial charge < -0.3 is 10.3 Å². The third-order valence-electron chi connectivity index (χ3n) is 4.75. The molecule has 0 saturated heterocycles. The van der Waals surface area contributed by atoms with Crippen LogP contribution in [-0.4, -0.2) is 26.9 Å². The first-order chi connectivity index (χ1) is 12.1. The SMILES string of the molecule is Cc1nc(-c2ccncc2)[nH]c(=O)c1CCC(=O)NC1CCCCC1. The van der Waals surface area contributed by atoms with Crippen LogP contribution in [0.2, 0.25) is 0 Å². The van der Waals surface area contributed by atoms with Crippen molar-refractivity contribution in [3.8, 4) is 11.4 Å². The van der Waals surface area contributed by atoms with Crippen molar-refractivity contribution in [3.63, 3.8) is 0 Å². The summed E-state index contributed by atoms with van der Waals surface area (Å²) in [4.78, 5) is 35.8. The molecule has 132 valence electrons. The summed E-state index contributed by atoms with van der Waals surface area (Å²) in [5, 5.41) is 3.09. The number of carbonyl (C=O) groups excluding carboxylic acids is 1. The molecule has 2 N–H and O–H groups in total. The largest absolute Gasteiger partial charge is 0.353 e. The molecule has 6 heteroatoms. The minimum Gasteiger partial charge on any atom is -0.353 e. The van der Waals surface area contributed by atoms with E-state index in [1.807, 2.05) is 6.92 Å². The molecule has 1 amide bonds. The second-order valence-corrected chi connectivity index (χ2v) is 6.62. The Balaban J connectivity index is 1.64. The van der Waals surface area contributed by atoms with Crippen LogP contribution in [0.4, 0.5) is 0 Å². The fourth-order valence-corrected chi connectivity index (χ4v) is 3.34. The lowest BCUT2D eigenvalue weighted by molar-refractivity contribution is -0.121. The molecule has 1 saturated carbocycles. The molecule has 6 nitrogen and oxygen atoms in total. The van der Waals surface area contributed by atoms with Crippen LogP contribution >= 0.6 is 0 Å². The standard InChI is InChI=1S/C19H24N4O2/c1-13-16(7-8-17(24)22-15-5-3-2-4-6-15)19(25)23-18(21-13)14-9-11-20-12-10-14/h9-12,15H,2-8H2,1H3,(H,22,24)(H,21,23,25). The molecule has 0 aliphatic heterocycles. The molecule has 2 heterocycles. The molecule has 2 aromatic rings. The van der Waals surface area contributed by atoms with Gasteiger partial charge in [-0.3, -0.25) is 14.6 Å². The van der Waals surface area contributed by atoms with Gasteiger partial charge in [-0.05, 0) is 38.3 Å². The Bertz CT molecular complexity index is 780. The average molecular weight is 340 g/mol. The van der Waals surface area contributed by atoms with Crippen LogP contribution in [0.3, 0.4) is 0 Å². The first kappa shape index (κ1) is 17.3. The fourth-order valence-electron chi connectivity index (χ4n) is 3.34. The van der Waals surface area contributed by atoms with Crippen LogP contribution in [0.25, 0.3) is 11.4 Å². The van der Waals surface area contributed by atoms with E-state index in [-0.39, 0.29) is 11.5 Å². The summed E-state index contributed by atoms with van der Waals surface area (Å²) in [5.74, 6) is 0.546. The van der Waals surface area contributed by atoms with Crippen LogP contribution < -0.4 is 10.9 Å². The second-order valence-electron chi connectivity index (χ2n) is 6.62. The zero-order valence-corrected chi connectivity index (χ0v) is 14.5. The molecule has 0 bridgehead atoms. The zero-order valence-electron chi connectivity index (χ0n) is 14.5. The Hall–Kier alpha value is -2.50. The maximum absolute atomic E-state index is 12.4. The van der Waals surface area contributed by atoms with Crippen LogP contribution in [0, 0.1) is 6.92 Å². The molecule has 1 aliphatic carbocycles. The number of amides is 1. The van der Waals surface area contributed by atoms with Crippen LogP contribution in [0.1, 0.15) is 49.8 Å². The number of H-pyrrole nitrogens is 1. The average Bonchev–Trinajstić information content (AvgIpc) is 2.62. The summed E-state index contributed by atoms with van der Waals surface area (Å²) in [6.07, 6.45) is 9.80. The second kappa shape index (κ2) is 8.05. The molecule has 1 aliphatic rings. The summed E-state index contributed by atoms with van der Waals surface area (Å²) in [5.41, 5.74) is 1.89. The number of carbonyl (C=O) groups is 1. The van der Waals surface area contributed by atoms with Crippen molar-refractivity contribution in [2.75, 3.05) is 0 Å². The summed E-state index contributed by atoms with van der Waals surface area (Å²) < 4.78 is 0. The Morgan fingerprint density at radius 3 is 2.64 bits per heavy atom. The van der Waals surface area contributed by atoms with Gasteiger partial charge in [0.1, 0.15) is 5.82 Å². The molecule has 25 heavy (non-hydrogen) atoms. The fraction of sp³-hybridized carbons (Fsp3) is 0.474. The monoisotopic (exact) mass is 340 g/mol. The van der Waals surface area contributed by atoms with Gasteiger partial charge in [-0.15, -0.1) is 0 Å². The number of nitrogens with zero attached hydrogens (tertiary/aromatic N) is 2. The normalized spacial score (nSPS) is 15.1. The van der Waals surface area contributed by atoms with Crippen molar-refractivity contribution in [3.05, 3.63) is 46.1 Å². The number of nitrogens with one attached hydrogen (secondary N) is 2. The van der Waals surface area contributed by atoms with E-state index in [1.54, 1.807) is 24.5 Å². The van der Waals surface area contributed by atoms with E-state index in [0.29, 0.717) is 36.0 Å². The lowest BCUT2D eigenvalue weighted by atomic mass is 9.95. The van der Waals surface area contributed by atoms with Crippen LogP contribution in [0.15, 0.2) is 29.3 Å². The minimum absolute atomic E-state index is 0.0175. The van der Waals surface area contributed by atoms with Crippen LogP contribution in [0.5, 0.6) is 0 Å². The van der Waals surface area contributed by atoms with Gasteiger partial charge >= 0.3 is 0 Å². The number of hydrogen-bond donors (Lipinski definition) is 2. The number of aromatic amines is 1. The molecule has 1 fully saturated rings. The van der Waals surface area contributed by atoms with E-state index in [0.717, 1.165) is 18.4 Å². The van der Waals surface area contributed by atoms with Gasteiger partial charge in [-0.2, -0.15) is 0 Å². The van der Waals surface area contributed by atoms with E-state index >= 15 is 0 Å². The van der Waals surface area contributed by atoms with Gasteiger partial charge in [-0.25, -0.2) is 4.98 Å². The highest BCUT2D eigenvalue weighted by Gasteiger charge is 2.16. The summed E-state index contributed by atoms with van der Waals surface area (Å²) in [6, 6.07) is 3.90. The molecular formula is C19H24N4O2. The van der Waals surface area contributed by atoms with Gasteiger partial charge in [0.25, 0.3) is 5.56 Å². The topological polar surface area (TPSA) is 87.7 Å². The molecule has 0 aromatic carbocycles. The summed E-state index contributed by atoms with van der Waals surface area (Å²) >= 11 is 0. The highest BCUT2D eigenvalue weighted by molar-refractivity contribution is 5.76. The third-order valence-corrected chi connectivity index (χ3v) is 4.75. The first-order valence-corrected chi connectivity index (χ1v) is 8.93. The van der Waals surface area contributed by atoms with Crippen molar-refractivity contribution < 1.29 is 4.79 Å². The van der Waals surface area contributed by atoms with Crippen molar-refractivity contribution in [2.24, 2.45) is 0 Å². The highest BCUT2D eigenvalue weighted by atomic mass is 16.1. The minimum atomic E-state index is -0.176. The zero-order chi connectivity index (χ0) is 17.6. The molecular weight excluding hydrogens is 316 g/mol.